The number of hydrogen-bond acceptors (Lipinski definition) is 7. The van der Waals surface area contributed by atoms with Crippen molar-refractivity contribution in [2.75, 3.05) is 0 Å². The molecule has 0 aliphatic carbocycles. The molecule has 3 aromatic heterocycles. The van der Waals surface area contributed by atoms with E-state index in [0.29, 0.717) is 23.6 Å². The summed E-state index contributed by atoms with van der Waals surface area (Å²) in [5, 5.41) is 24.0. The summed E-state index contributed by atoms with van der Waals surface area (Å²) < 4.78 is 5.32. The predicted molar refractivity (Wildman–Crippen MR) is 145 cm³/mol. The molecule has 3 heterocycles. The number of aromatic amines is 1. The molecule has 2 aromatic carbocycles. The lowest BCUT2D eigenvalue weighted by Gasteiger charge is -2.19. The van der Waals surface area contributed by atoms with Gasteiger partial charge in [0.1, 0.15) is 17.0 Å². The van der Waals surface area contributed by atoms with Gasteiger partial charge < -0.3 is 15.2 Å². The van der Waals surface area contributed by atoms with Crippen molar-refractivity contribution in [1.29, 1.82) is 0 Å². The molecular weight excluding hydrogens is 480 g/mol. The van der Waals surface area contributed by atoms with Gasteiger partial charge in [-0.05, 0) is 44.0 Å². The number of rotatable bonds is 6. The standard InChI is InChI=1S/C29H28N6O3/c1-29(2,3)38-28(37)31-16-18-9-11-20(12-10-18)25-21(19-7-5-4-6-8-19)15-22-23(32-25)13-14-30-26(22)27-24(17-36)33-35-34-27/h4-15,36H,16-17H2,1-3H3,(H,31,37)(H,33,34,35). The Balaban J connectivity index is 1.54. The highest BCUT2D eigenvalue weighted by atomic mass is 16.6. The van der Waals surface area contributed by atoms with E-state index < -0.39 is 11.7 Å². The summed E-state index contributed by atoms with van der Waals surface area (Å²) in [4.78, 5) is 21.6. The number of hydrogen-bond donors (Lipinski definition) is 3. The molecule has 0 fully saturated rings. The van der Waals surface area contributed by atoms with E-state index in [9.17, 15) is 9.90 Å². The Labute approximate surface area is 219 Å². The van der Waals surface area contributed by atoms with Crippen LogP contribution < -0.4 is 5.32 Å². The summed E-state index contributed by atoms with van der Waals surface area (Å²) in [5.74, 6) is 0. The van der Waals surface area contributed by atoms with Gasteiger partial charge in [-0.3, -0.25) is 10.1 Å². The molecule has 3 N–H and O–H groups in total. The van der Waals surface area contributed by atoms with Crippen LogP contribution in [-0.4, -0.2) is 42.2 Å². The fourth-order valence-corrected chi connectivity index (χ4v) is 4.17. The summed E-state index contributed by atoms with van der Waals surface area (Å²) >= 11 is 0. The van der Waals surface area contributed by atoms with Crippen LogP contribution in [0.4, 0.5) is 4.79 Å². The molecule has 5 rings (SSSR count). The molecule has 0 spiro atoms. The molecule has 0 aliphatic rings. The Morgan fingerprint density at radius 2 is 1.76 bits per heavy atom. The molecule has 0 saturated heterocycles. The van der Waals surface area contributed by atoms with E-state index in [1.807, 2.05) is 81.4 Å². The summed E-state index contributed by atoms with van der Waals surface area (Å²) in [6.45, 7) is 5.60. The van der Waals surface area contributed by atoms with E-state index in [1.165, 1.54) is 0 Å². The van der Waals surface area contributed by atoms with Crippen LogP contribution in [0.25, 0.3) is 44.7 Å². The number of aliphatic hydroxyl groups excluding tert-OH is 1. The number of fused-ring (bicyclic) bond motifs is 1. The predicted octanol–water partition coefficient (Wildman–Crippen LogP) is 5.27. The van der Waals surface area contributed by atoms with Crippen molar-refractivity contribution in [2.24, 2.45) is 0 Å². The smallest absolute Gasteiger partial charge is 0.407 e. The van der Waals surface area contributed by atoms with Crippen LogP contribution in [0.2, 0.25) is 0 Å². The zero-order valence-electron chi connectivity index (χ0n) is 21.4. The molecule has 0 bridgehead atoms. The second-order valence-corrected chi connectivity index (χ2v) is 9.82. The first-order chi connectivity index (χ1) is 18.3. The number of carbonyl (C=O) groups excluding carboxylic acids is 1. The lowest BCUT2D eigenvalue weighted by atomic mass is 9.96. The van der Waals surface area contributed by atoms with Crippen molar-refractivity contribution in [3.8, 4) is 33.8 Å². The number of nitrogens with one attached hydrogen (secondary N) is 2. The first kappa shape index (κ1) is 25.0. The third-order valence-electron chi connectivity index (χ3n) is 5.90. The van der Waals surface area contributed by atoms with Crippen LogP contribution in [0.5, 0.6) is 0 Å². The van der Waals surface area contributed by atoms with Crippen molar-refractivity contribution >= 4 is 17.0 Å². The van der Waals surface area contributed by atoms with Gasteiger partial charge in [-0.2, -0.15) is 0 Å². The minimum atomic E-state index is -0.549. The quantitative estimate of drug-likeness (QED) is 0.285. The average Bonchev–Trinajstić information content (AvgIpc) is 3.39. The van der Waals surface area contributed by atoms with Crippen LogP contribution in [0.15, 0.2) is 72.9 Å². The van der Waals surface area contributed by atoms with E-state index in [4.69, 9.17) is 9.72 Å². The maximum atomic E-state index is 12.0. The number of aromatic nitrogens is 5. The van der Waals surface area contributed by atoms with E-state index in [0.717, 1.165) is 38.9 Å². The highest BCUT2D eigenvalue weighted by Crippen LogP contribution is 2.36. The highest BCUT2D eigenvalue weighted by molar-refractivity contribution is 5.98. The van der Waals surface area contributed by atoms with Crippen molar-refractivity contribution in [3.05, 3.63) is 84.2 Å². The molecule has 9 heteroatoms. The summed E-state index contributed by atoms with van der Waals surface area (Å²) in [6, 6.07) is 21.9. The van der Waals surface area contributed by atoms with Crippen LogP contribution >= 0.6 is 0 Å². The molecule has 0 unspecified atom stereocenters. The Morgan fingerprint density at radius 3 is 2.47 bits per heavy atom. The van der Waals surface area contributed by atoms with Crippen LogP contribution in [0, 0.1) is 0 Å². The molecule has 0 aliphatic heterocycles. The van der Waals surface area contributed by atoms with Crippen LogP contribution in [-0.2, 0) is 17.9 Å². The molecule has 5 aromatic rings. The maximum absolute atomic E-state index is 12.0. The minimum absolute atomic E-state index is 0.254. The molecular formula is C29H28N6O3. The maximum Gasteiger partial charge on any atom is 0.407 e. The number of amides is 1. The number of nitrogens with zero attached hydrogens (tertiary/aromatic N) is 4. The number of ether oxygens (including phenoxy) is 1. The van der Waals surface area contributed by atoms with E-state index in [2.05, 4.69) is 31.8 Å². The third-order valence-corrected chi connectivity index (χ3v) is 5.90. The molecule has 0 saturated carbocycles. The normalized spacial score (nSPS) is 11.5. The molecule has 0 radical (unpaired) electrons. The topological polar surface area (TPSA) is 126 Å². The van der Waals surface area contributed by atoms with Crippen molar-refractivity contribution in [1.82, 2.24) is 30.7 Å². The van der Waals surface area contributed by atoms with Gasteiger partial charge in [-0.25, -0.2) is 9.78 Å². The molecule has 192 valence electrons. The van der Waals surface area contributed by atoms with Gasteiger partial charge in [-0.1, -0.05) is 59.8 Å². The largest absolute Gasteiger partial charge is 0.444 e. The van der Waals surface area contributed by atoms with Gasteiger partial charge in [0.2, 0.25) is 0 Å². The van der Waals surface area contributed by atoms with E-state index in [-0.39, 0.29) is 6.61 Å². The van der Waals surface area contributed by atoms with E-state index in [1.54, 1.807) is 6.20 Å². The fourth-order valence-electron chi connectivity index (χ4n) is 4.17. The monoisotopic (exact) mass is 508 g/mol. The number of aliphatic hydroxyl groups is 1. The Morgan fingerprint density at radius 1 is 1.00 bits per heavy atom. The molecule has 0 atom stereocenters. The SMILES string of the molecule is CC(C)(C)OC(=O)NCc1ccc(-c2nc3ccnc(-c4[nH]nnc4CO)c3cc2-c2ccccc2)cc1. The van der Waals surface area contributed by atoms with Crippen LogP contribution in [0.1, 0.15) is 32.0 Å². The molecule has 1 amide bonds. The Hall–Kier alpha value is -4.63. The third kappa shape index (κ3) is 5.37. The molecule has 38 heavy (non-hydrogen) atoms. The summed E-state index contributed by atoms with van der Waals surface area (Å²) in [5.41, 5.74) is 6.44. The summed E-state index contributed by atoms with van der Waals surface area (Å²) in [7, 11) is 0. The zero-order chi connectivity index (χ0) is 26.7. The Kier molecular flexibility index (Phi) is 6.85. The number of alkyl carbamates (subject to hydrolysis) is 1. The number of carbonyl (C=O) groups is 1. The summed E-state index contributed by atoms with van der Waals surface area (Å²) in [6.07, 6.45) is 1.23. The average molecular weight is 509 g/mol. The lowest BCUT2D eigenvalue weighted by molar-refractivity contribution is 0.0523. The van der Waals surface area contributed by atoms with Crippen molar-refractivity contribution in [2.45, 2.75) is 39.5 Å². The number of benzene rings is 2. The van der Waals surface area contributed by atoms with Gasteiger partial charge in [-0.15, -0.1) is 5.10 Å². The number of pyridine rings is 2. The highest BCUT2D eigenvalue weighted by Gasteiger charge is 2.18. The number of H-pyrrole nitrogens is 1. The zero-order valence-corrected chi connectivity index (χ0v) is 21.4. The molecule has 9 nitrogen and oxygen atoms in total. The van der Waals surface area contributed by atoms with Crippen LogP contribution in [0.3, 0.4) is 0 Å². The van der Waals surface area contributed by atoms with E-state index >= 15 is 0 Å². The van der Waals surface area contributed by atoms with Gasteiger partial charge in [0.15, 0.2) is 0 Å². The fraction of sp³-hybridized carbons (Fsp3) is 0.207. The van der Waals surface area contributed by atoms with Gasteiger partial charge in [0.05, 0.1) is 23.5 Å². The second kappa shape index (κ2) is 10.4. The lowest BCUT2D eigenvalue weighted by Crippen LogP contribution is -2.32. The minimum Gasteiger partial charge on any atom is -0.444 e. The van der Waals surface area contributed by atoms with Crippen molar-refractivity contribution in [3.63, 3.8) is 0 Å². The van der Waals surface area contributed by atoms with Gasteiger partial charge >= 0.3 is 6.09 Å². The van der Waals surface area contributed by atoms with Crippen molar-refractivity contribution < 1.29 is 14.6 Å². The second-order valence-electron chi connectivity index (χ2n) is 9.82. The van der Waals surface area contributed by atoms with Gasteiger partial charge in [0.25, 0.3) is 0 Å². The first-order valence-electron chi connectivity index (χ1n) is 12.2. The Bertz CT molecular complexity index is 1570. The first-order valence-corrected chi connectivity index (χ1v) is 12.2. The van der Waals surface area contributed by atoms with Gasteiger partial charge in [0, 0.05) is 29.3 Å².